The summed E-state index contributed by atoms with van der Waals surface area (Å²) in [4.78, 5) is 12.8. The van der Waals surface area contributed by atoms with Gasteiger partial charge in [0.1, 0.15) is 20.4 Å². The Morgan fingerprint density at radius 2 is 1.45 bits per heavy atom. The Hall–Kier alpha value is -2.75. The highest BCUT2D eigenvalue weighted by atomic mass is 32.2. The van der Waals surface area contributed by atoms with E-state index in [2.05, 4.69) is 5.32 Å². The summed E-state index contributed by atoms with van der Waals surface area (Å²) in [6.07, 6.45) is -13.1. The summed E-state index contributed by atoms with van der Waals surface area (Å²) in [6.45, 7) is 0. The lowest BCUT2D eigenvalue weighted by Crippen LogP contribution is -2.52. The smallest absolute Gasteiger partial charge is 0.353 e. The van der Waals surface area contributed by atoms with Crippen LogP contribution in [0.15, 0.2) is 47.4 Å². The molecule has 1 heterocycles. The van der Waals surface area contributed by atoms with Crippen molar-refractivity contribution >= 4 is 25.6 Å². The van der Waals surface area contributed by atoms with Crippen molar-refractivity contribution in [2.75, 3.05) is 11.5 Å². The molecule has 3 aliphatic rings. The molecule has 1 aliphatic heterocycles. The van der Waals surface area contributed by atoms with Gasteiger partial charge in [0, 0.05) is 23.4 Å². The Labute approximate surface area is 248 Å². The normalized spacial score (nSPS) is 26.1. The average molecular weight is 674 g/mol. The lowest BCUT2D eigenvalue weighted by molar-refractivity contribution is -0.348. The number of carbonyl (C=O) groups excluding carboxylic acids is 1. The van der Waals surface area contributed by atoms with Gasteiger partial charge in [-0.3, -0.25) is 4.79 Å². The predicted molar refractivity (Wildman–Crippen MR) is 141 cm³/mol. The second-order valence-corrected chi connectivity index (χ2v) is 16.1. The average Bonchev–Trinajstić information content (AvgIpc) is 3.31. The number of hydrogen-bond acceptors (Lipinski definition) is 5. The van der Waals surface area contributed by atoms with E-state index in [-0.39, 0.29) is 66.1 Å². The van der Waals surface area contributed by atoms with E-state index in [1.807, 2.05) is 0 Å². The first kappa shape index (κ1) is 32.6. The fraction of sp³-hybridized carbons (Fsp3) is 0.536. The van der Waals surface area contributed by atoms with Gasteiger partial charge in [0.05, 0.1) is 16.4 Å². The molecule has 1 amide bonds. The zero-order chi connectivity index (χ0) is 32.5. The molecule has 3 atom stereocenters. The molecule has 1 saturated carbocycles. The largest absolute Gasteiger partial charge is 0.435 e. The van der Waals surface area contributed by atoms with Crippen LogP contribution in [0.2, 0.25) is 0 Å². The number of rotatable bonds is 5. The molecule has 0 bridgehead atoms. The van der Waals surface area contributed by atoms with Gasteiger partial charge in [0.15, 0.2) is 9.84 Å². The van der Waals surface area contributed by atoms with E-state index in [4.69, 9.17) is 0 Å². The summed E-state index contributed by atoms with van der Waals surface area (Å²) >= 11 is 0. The minimum Gasteiger partial charge on any atom is -0.353 e. The summed E-state index contributed by atoms with van der Waals surface area (Å²) in [6, 6.07) is 4.44. The molecule has 0 aromatic heterocycles. The maximum atomic E-state index is 14.9. The maximum absolute atomic E-state index is 14.9. The van der Waals surface area contributed by atoms with Gasteiger partial charge in [-0.2, -0.15) is 26.3 Å². The topological polar surface area (TPSA) is 97.4 Å². The standard InChI is InChI=1S/C28H27F8NO5S2/c29-19-3-5-20(6-4-19)44(41,42)25-12-9-23(37-24(38)16-10-13-43(39,40)14-11-16)22(25)7-1-17-15-18(2-8-21(17)25)26(30,27(31,32)33)28(34,35)36/h2-6,8,15-16,22-23H,1,7,9-14H2,(H,37,38)/t22-,23+,25+/m0/s1. The minimum atomic E-state index is -6.37. The van der Waals surface area contributed by atoms with Gasteiger partial charge < -0.3 is 5.32 Å². The molecular weight excluding hydrogens is 646 g/mol. The van der Waals surface area contributed by atoms with Crippen molar-refractivity contribution in [1.82, 2.24) is 5.32 Å². The van der Waals surface area contributed by atoms with Crippen LogP contribution < -0.4 is 5.32 Å². The van der Waals surface area contributed by atoms with Crippen molar-refractivity contribution in [3.05, 3.63) is 65.0 Å². The Morgan fingerprint density at radius 3 is 2.02 bits per heavy atom. The lowest BCUT2D eigenvalue weighted by Gasteiger charge is -2.43. The van der Waals surface area contributed by atoms with Crippen LogP contribution >= 0.6 is 0 Å². The minimum absolute atomic E-state index is 0.0567. The molecule has 2 aromatic rings. The number of benzene rings is 2. The molecule has 0 spiro atoms. The van der Waals surface area contributed by atoms with Gasteiger partial charge >= 0.3 is 18.0 Å². The van der Waals surface area contributed by atoms with Crippen molar-refractivity contribution in [3.63, 3.8) is 0 Å². The number of sulfone groups is 2. The first-order chi connectivity index (χ1) is 20.2. The molecule has 0 unspecified atom stereocenters. The van der Waals surface area contributed by atoms with Crippen molar-refractivity contribution in [3.8, 4) is 0 Å². The number of amides is 1. The van der Waals surface area contributed by atoms with Gasteiger partial charge in [-0.1, -0.05) is 18.2 Å². The molecule has 16 heteroatoms. The molecule has 242 valence electrons. The third kappa shape index (κ3) is 5.09. The lowest BCUT2D eigenvalue weighted by atomic mass is 9.73. The molecule has 1 N–H and O–H groups in total. The zero-order valence-corrected chi connectivity index (χ0v) is 24.4. The summed E-state index contributed by atoms with van der Waals surface area (Å²) in [7, 11) is -7.82. The van der Waals surface area contributed by atoms with Gasteiger partial charge in [-0.05, 0) is 73.9 Å². The van der Waals surface area contributed by atoms with Gasteiger partial charge in [-0.25, -0.2) is 25.6 Å². The number of halogens is 8. The molecule has 6 nitrogen and oxygen atoms in total. The molecular formula is C28H27F8NO5S2. The molecule has 2 fully saturated rings. The second-order valence-electron chi connectivity index (χ2n) is 11.6. The van der Waals surface area contributed by atoms with Crippen LogP contribution in [0, 0.1) is 17.7 Å². The molecule has 2 aromatic carbocycles. The van der Waals surface area contributed by atoms with Crippen molar-refractivity contribution in [2.24, 2.45) is 11.8 Å². The first-order valence-electron chi connectivity index (χ1n) is 13.7. The highest BCUT2D eigenvalue weighted by Crippen LogP contribution is 2.59. The van der Waals surface area contributed by atoms with Gasteiger partial charge in [-0.15, -0.1) is 0 Å². The molecule has 5 rings (SSSR count). The Morgan fingerprint density at radius 1 is 0.864 bits per heavy atom. The van der Waals surface area contributed by atoms with Gasteiger partial charge in [0.2, 0.25) is 5.91 Å². The van der Waals surface area contributed by atoms with Crippen LogP contribution in [0.5, 0.6) is 0 Å². The third-order valence-corrected chi connectivity index (χ3v) is 13.5. The second kappa shape index (κ2) is 10.7. The highest BCUT2D eigenvalue weighted by Gasteiger charge is 2.73. The van der Waals surface area contributed by atoms with E-state index in [9.17, 15) is 56.8 Å². The Kier molecular flexibility index (Phi) is 7.91. The van der Waals surface area contributed by atoms with E-state index in [1.165, 1.54) is 0 Å². The summed E-state index contributed by atoms with van der Waals surface area (Å²) in [5.74, 6) is -3.18. The van der Waals surface area contributed by atoms with E-state index >= 15 is 0 Å². The quantitative estimate of drug-likeness (QED) is 0.337. The molecule has 44 heavy (non-hydrogen) atoms. The number of carbonyl (C=O) groups is 1. The van der Waals surface area contributed by atoms with Gasteiger partial charge in [0.25, 0.3) is 0 Å². The number of fused-ring (bicyclic) bond motifs is 3. The van der Waals surface area contributed by atoms with E-state index in [0.717, 1.165) is 30.3 Å². The molecule has 1 saturated heterocycles. The Bertz CT molecular complexity index is 1640. The zero-order valence-electron chi connectivity index (χ0n) is 22.8. The van der Waals surface area contributed by atoms with Crippen molar-refractivity contribution in [2.45, 2.75) is 72.2 Å². The van der Waals surface area contributed by atoms with Crippen molar-refractivity contribution < 1.29 is 56.8 Å². The number of hydrogen-bond donors (Lipinski definition) is 1. The van der Waals surface area contributed by atoms with Crippen molar-refractivity contribution in [1.29, 1.82) is 0 Å². The SMILES string of the molecule is O=C(N[C@@H]1CC[C@@]2(S(=O)(=O)c3ccc(F)cc3)c3ccc(C(F)(C(F)(F)F)C(F)(F)F)cc3CC[C@@H]12)C1CCS(=O)(=O)CC1. The number of alkyl halides is 7. The Balaban J connectivity index is 1.60. The van der Waals surface area contributed by atoms with E-state index in [0.29, 0.717) is 12.1 Å². The van der Waals surface area contributed by atoms with E-state index in [1.54, 1.807) is 0 Å². The predicted octanol–water partition coefficient (Wildman–Crippen LogP) is 5.45. The summed E-state index contributed by atoms with van der Waals surface area (Å²) in [5, 5.41) is 2.82. The van der Waals surface area contributed by atoms with Crippen LogP contribution in [0.1, 0.15) is 48.8 Å². The number of nitrogens with one attached hydrogen (secondary N) is 1. The fourth-order valence-electron chi connectivity index (χ4n) is 7.00. The van der Waals surface area contributed by atoms with E-state index < -0.39 is 77.6 Å². The fourth-order valence-corrected chi connectivity index (χ4v) is 11.0. The molecule has 0 radical (unpaired) electrons. The number of aryl methyl sites for hydroxylation is 1. The molecule has 2 aliphatic carbocycles. The van der Waals surface area contributed by atoms with Crippen LogP contribution in [-0.2, 0) is 41.3 Å². The van der Waals surface area contributed by atoms with Crippen LogP contribution in [-0.4, -0.2) is 52.6 Å². The monoisotopic (exact) mass is 673 g/mol. The van der Waals surface area contributed by atoms with Crippen LogP contribution in [0.25, 0.3) is 0 Å². The summed E-state index contributed by atoms with van der Waals surface area (Å²) < 4.78 is 160. The van der Waals surface area contributed by atoms with Crippen LogP contribution in [0.4, 0.5) is 35.1 Å². The maximum Gasteiger partial charge on any atom is 0.435 e. The third-order valence-electron chi connectivity index (χ3n) is 9.23. The highest BCUT2D eigenvalue weighted by molar-refractivity contribution is 7.92. The summed E-state index contributed by atoms with van der Waals surface area (Å²) in [5.41, 5.74) is -7.79. The van der Waals surface area contributed by atoms with Crippen LogP contribution in [0.3, 0.4) is 0 Å². The first-order valence-corrected chi connectivity index (χ1v) is 17.0.